The minimum absolute atomic E-state index is 0.183. The molecule has 0 heterocycles. The number of quaternary nitrogens is 1. The number of unbranched alkanes of at least 4 members (excludes halogenated alkanes) is 32. The molecule has 77 heavy (non-hydrogen) atoms. The molecule has 0 saturated heterocycles. The van der Waals surface area contributed by atoms with Crippen LogP contribution in [-0.4, -0.2) is 87.4 Å². The van der Waals surface area contributed by atoms with Gasteiger partial charge in [-0.2, -0.15) is 0 Å². The molecule has 0 amide bonds. The molecule has 1 N–H and O–H groups in total. The van der Waals surface area contributed by atoms with Crippen LogP contribution in [0.3, 0.4) is 0 Å². The van der Waals surface area contributed by atoms with E-state index >= 15 is 0 Å². The third-order valence-electron chi connectivity index (χ3n) is 13.9. The van der Waals surface area contributed by atoms with E-state index in [1.165, 1.54) is 186 Å². The lowest BCUT2D eigenvalue weighted by Gasteiger charge is -2.25. The van der Waals surface area contributed by atoms with Gasteiger partial charge in [0.2, 0.25) is 0 Å². The van der Waals surface area contributed by atoms with E-state index in [4.69, 9.17) is 18.9 Å². The number of carboxylic acid groups (broad SMARTS) is 1. The average molecular weight is 1080 g/mol. The highest BCUT2D eigenvalue weighted by Crippen LogP contribution is 2.17. The van der Waals surface area contributed by atoms with Crippen LogP contribution >= 0.6 is 0 Å². The average Bonchev–Trinajstić information content (AvgIpc) is 3.40. The van der Waals surface area contributed by atoms with Crippen LogP contribution in [0, 0.1) is 0 Å². The summed E-state index contributed by atoms with van der Waals surface area (Å²) in [6, 6.07) is 0. The standard InChI is InChI=1S/C68H121NO8/c1-6-8-10-12-14-16-18-20-22-24-26-27-28-29-30-31-32-33-34-35-36-37-38-39-41-43-45-47-49-51-53-55-57-59-66(71)77-64(63-76-68(67(72)73)74-61-60-69(3,4)5)62-75-65(70)58-56-54-52-50-48-46-44-42-40-25-23-21-19-17-15-13-11-9-7-2/h8,10,14-17,20-23,26-27,64,68H,6-7,9,11-13,18-19,24-25,28-63H2,1-5H3/p+1/b10-8-,16-14-,17-15-,22-20-,23-21-,27-26-. The Balaban J connectivity index is 4.10. The van der Waals surface area contributed by atoms with Gasteiger partial charge in [0.05, 0.1) is 34.4 Å². The second kappa shape index (κ2) is 58.9. The number of ether oxygens (including phenoxy) is 4. The highest BCUT2D eigenvalue weighted by atomic mass is 16.7. The van der Waals surface area contributed by atoms with Crippen molar-refractivity contribution in [3.05, 3.63) is 72.9 Å². The zero-order valence-corrected chi connectivity index (χ0v) is 50.9. The first-order chi connectivity index (χ1) is 37.6. The number of carboxylic acids is 1. The number of nitrogens with zero attached hydrogens (tertiary/aromatic N) is 1. The van der Waals surface area contributed by atoms with Crippen LogP contribution in [0.1, 0.15) is 284 Å². The number of carbonyl (C=O) groups excluding carboxylic acids is 2. The molecule has 0 saturated carbocycles. The van der Waals surface area contributed by atoms with Crippen LogP contribution in [0.2, 0.25) is 0 Å². The second-order valence-corrected chi connectivity index (χ2v) is 22.7. The van der Waals surface area contributed by atoms with Crippen molar-refractivity contribution in [1.29, 1.82) is 0 Å². The van der Waals surface area contributed by atoms with Crippen LogP contribution in [-0.2, 0) is 33.3 Å². The Hall–Kier alpha value is -3.27. The summed E-state index contributed by atoms with van der Waals surface area (Å²) in [6.45, 7) is 4.77. The fourth-order valence-corrected chi connectivity index (χ4v) is 9.04. The van der Waals surface area contributed by atoms with Gasteiger partial charge in [-0.05, 0) is 83.5 Å². The monoisotopic (exact) mass is 1080 g/mol. The molecule has 0 aromatic rings. The second-order valence-electron chi connectivity index (χ2n) is 22.7. The van der Waals surface area contributed by atoms with E-state index in [1.807, 2.05) is 21.1 Å². The predicted octanol–water partition coefficient (Wildman–Crippen LogP) is 19.4. The summed E-state index contributed by atoms with van der Waals surface area (Å²) in [6.07, 6.45) is 74.3. The van der Waals surface area contributed by atoms with Gasteiger partial charge >= 0.3 is 17.9 Å². The van der Waals surface area contributed by atoms with Crippen molar-refractivity contribution in [3.8, 4) is 0 Å². The zero-order chi connectivity index (χ0) is 56.2. The molecule has 0 aliphatic heterocycles. The predicted molar refractivity (Wildman–Crippen MR) is 327 cm³/mol. The van der Waals surface area contributed by atoms with Gasteiger partial charge in [0, 0.05) is 12.8 Å². The normalized spacial score (nSPS) is 13.2. The van der Waals surface area contributed by atoms with Crippen molar-refractivity contribution in [2.24, 2.45) is 0 Å². The SMILES string of the molecule is CC/C=C\C/C=C\C/C=C\C/C=C\CCCCCCCCCCCCCCCCCCCCCCC(=O)OC(COC(=O)CCCCCCCCCCC/C=C\C/C=C\CCCCC)COC(OCC[N+](C)(C)C)C(=O)O. The largest absolute Gasteiger partial charge is 0.477 e. The Labute approximate surface area is 475 Å². The molecule has 2 unspecified atom stereocenters. The summed E-state index contributed by atoms with van der Waals surface area (Å²) in [5.41, 5.74) is 0. The minimum atomic E-state index is -1.51. The lowest BCUT2D eigenvalue weighted by atomic mass is 10.0. The third kappa shape index (κ3) is 60.2. The van der Waals surface area contributed by atoms with Crippen LogP contribution < -0.4 is 0 Å². The molecule has 0 radical (unpaired) electrons. The number of allylic oxidation sites excluding steroid dienone is 12. The Morgan fingerprint density at radius 3 is 1.10 bits per heavy atom. The van der Waals surface area contributed by atoms with Gasteiger partial charge in [-0.3, -0.25) is 9.59 Å². The summed E-state index contributed by atoms with van der Waals surface area (Å²) < 4.78 is 22.9. The molecule has 0 rings (SSSR count). The fourth-order valence-electron chi connectivity index (χ4n) is 9.04. The molecule has 9 nitrogen and oxygen atoms in total. The van der Waals surface area contributed by atoms with Gasteiger partial charge in [0.1, 0.15) is 13.2 Å². The molecule has 0 spiro atoms. The highest BCUT2D eigenvalue weighted by molar-refractivity contribution is 5.71. The van der Waals surface area contributed by atoms with Crippen molar-refractivity contribution in [2.75, 3.05) is 47.5 Å². The maximum Gasteiger partial charge on any atom is 0.361 e. The molecular formula is C68H122NO8+. The lowest BCUT2D eigenvalue weighted by molar-refractivity contribution is -0.870. The molecule has 0 aromatic heterocycles. The summed E-state index contributed by atoms with van der Waals surface area (Å²) in [7, 11) is 5.98. The number of hydrogen-bond donors (Lipinski definition) is 1. The van der Waals surface area contributed by atoms with Gasteiger partial charge in [-0.1, -0.05) is 260 Å². The van der Waals surface area contributed by atoms with E-state index in [0.29, 0.717) is 17.4 Å². The molecule has 0 aliphatic carbocycles. The summed E-state index contributed by atoms with van der Waals surface area (Å²) in [5.74, 6) is -2.00. The van der Waals surface area contributed by atoms with Gasteiger partial charge in [0.25, 0.3) is 6.29 Å². The molecule has 0 fully saturated rings. The maximum absolute atomic E-state index is 12.9. The first-order valence-corrected chi connectivity index (χ1v) is 32.1. The van der Waals surface area contributed by atoms with Gasteiger partial charge in [-0.15, -0.1) is 0 Å². The molecule has 0 aromatic carbocycles. The summed E-state index contributed by atoms with van der Waals surface area (Å²) in [4.78, 5) is 37.5. The number of likely N-dealkylation sites (N-methyl/N-ethyl adjacent to an activating group) is 1. The summed E-state index contributed by atoms with van der Waals surface area (Å²) in [5, 5.41) is 9.72. The topological polar surface area (TPSA) is 108 Å². The number of hydrogen-bond acceptors (Lipinski definition) is 7. The van der Waals surface area contributed by atoms with Crippen LogP contribution in [0.15, 0.2) is 72.9 Å². The molecule has 0 aliphatic rings. The smallest absolute Gasteiger partial charge is 0.361 e. The van der Waals surface area contributed by atoms with E-state index < -0.39 is 24.3 Å². The van der Waals surface area contributed by atoms with Crippen LogP contribution in [0.4, 0.5) is 0 Å². The van der Waals surface area contributed by atoms with Crippen LogP contribution in [0.5, 0.6) is 0 Å². The van der Waals surface area contributed by atoms with Gasteiger partial charge in [-0.25, -0.2) is 4.79 Å². The van der Waals surface area contributed by atoms with E-state index in [-0.39, 0.29) is 32.2 Å². The first kappa shape index (κ1) is 73.7. The first-order valence-electron chi connectivity index (χ1n) is 32.1. The summed E-state index contributed by atoms with van der Waals surface area (Å²) >= 11 is 0. The van der Waals surface area contributed by atoms with E-state index in [9.17, 15) is 19.5 Å². The van der Waals surface area contributed by atoms with Crippen LogP contribution in [0.25, 0.3) is 0 Å². The number of carbonyl (C=O) groups is 3. The molecule has 0 bridgehead atoms. The van der Waals surface area contributed by atoms with Gasteiger partial charge in [0.15, 0.2) is 6.10 Å². The van der Waals surface area contributed by atoms with E-state index in [0.717, 1.165) is 70.6 Å². The maximum atomic E-state index is 12.9. The van der Waals surface area contributed by atoms with E-state index in [2.05, 4.69) is 86.8 Å². The quantitative estimate of drug-likeness (QED) is 0.0211. The van der Waals surface area contributed by atoms with Crippen molar-refractivity contribution >= 4 is 17.9 Å². The molecule has 446 valence electrons. The number of rotatable bonds is 59. The third-order valence-corrected chi connectivity index (χ3v) is 13.9. The molecule has 2 atom stereocenters. The fraction of sp³-hybridized carbons (Fsp3) is 0.779. The Morgan fingerprint density at radius 2 is 0.740 bits per heavy atom. The van der Waals surface area contributed by atoms with Crippen molar-refractivity contribution < 1.29 is 42.9 Å². The minimum Gasteiger partial charge on any atom is -0.477 e. The Kier molecular flexibility index (Phi) is 56.4. The number of aliphatic carboxylic acids is 1. The van der Waals surface area contributed by atoms with Crippen molar-refractivity contribution in [2.45, 2.75) is 296 Å². The zero-order valence-electron chi connectivity index (χ0n) is 50.9. The van der Waals surface area contributed by atoms with Crippen molar-refractivity contribution in [1.82, 2.24) is 0 Å². The Morgan fingerprint density at radius 1 is 0.403 bits per heavy atom. The van der Waals surface area contributed by atoms with Crippen molar-refractivity contribution in [3.63, 3.8) is 0 Å². The van der Waals surface area contributed by atoms with Gasteiger partial charge < -0.3 is 28.5 Å². The highest BCUT2D eigenvalue weighted by Gasteiger charge is 2.25. The molecular weight excluding hydrogens is 959 g/mol. The Bertz CT molecular complexity index is 1490. The van der Waals surface area contributed by atoms with E-state index in [1.54, 1.807) is 0 Å². The number of esters is 2. The molecule has 9 heteroatoms. The lowest BCUT2D eigenvalue weighted by Crippen LogP contribution is -2.40.